The number of aryl methyl sites for hydroxylation is 2. The number of thiophene rings is 1. The molecular weight excluding hydrogens is 361 g/mol. The van der Waals surface area contributed by atoms with Crippen molar-refractivity contribution in [1.82, 2.24) is 9.13 Å². The smallest absolute Gasteiger partial charge is 0.390 e. The summed E-state index contributed by atoms with van der Waals surface area (Å²) in [5, 5.41) is 9.25. The lowest BCUT2D eigenvalue weighted by Gasteiger charge is -2.13. The Kier molecular flexibility index (Phi) is 4.26. The van der Waals surface area contributed by atoms with Crippen molar-refractivity contribution >= 4 is 27.5 Å². The summed E-state index contributed by atoms with van der Waals surface area (Å²) in [6.07, 6.45) is -3.99. The van der Waals surface area contributed by atoms with Gasteiger partial charge in [0, 0.05) is 13.1 Å². The minimum atomic E-state index is -4.47. The van der Waals surface area contributed by atoms with E-state index in [1.165, 1.54) is 6.92 Å². The number of hydrogen-bond donors (Lipinski definition) is 1. The Hall–Kier alpha value is -2.10. The molecule has 0 unspecified atom stereocenters. The Labute approximate surface area is 143 Å². The van der Waals surface area contributed by atoms with Gasteiger partial charge >= 0.3 is 17.8 Å². The Morgan fingerprint density at radius 1 is 1.28 bits per heavy atom. The summed E-state index contributed by atoms with van der Waals surface area (Å²) in [5.74, 6) is -1.11. The molecule has 3 rings (SSSR count). The van der Waals surface area contributed by atoms with Crippen LogP contribution >= 0.6 is 11.3 Å². The van der Waals surface area contributed by atoms with Gasteiger partial charge in [0.05, 0.1) is 11.8 Å². The molecule has 0 amide bonds. The van der Waals surface area contributed by atoms with Gasteiger partial charge in [0.15, 0.2) is 0 Å². The standard InChI is InChI=1S/C15H15F3N2O4S/c1-7-9-11(21)20(6-8-2-3-8)14(24)19(5-4-15(16,17)18)12(9)25-10(7)13(22)23/h8H,2-6H2,1H3,(H,22,23). The lowest BCUT2D eigenvalue weighted by atomic mass is 10.2. The molecule has 0 saturated heterocycles. The maximum absolute atomic E-state index is 12.7. The fourth-order valence-electron chi connectivity index (χ4n) is 2.75. The van der Waals surface area contributed by atoms with E-state index in [0.717, 1.165) is 22.0 Å². The van der Waals surface area contributed by atoms with E-state index in [1.54, 1.807) is 0 Å². The number of aromatic nitrogens is 2. The highest BCUT2D eigenvalue weighted by molar-refractivity contribution is 7.20. The fourth-order valence-corrected chi connectivity index (χ4v) is 3.91. The van der Waals surface area contributed by atoms with E-state index in [9.17, 15) is 32.7 Å². The van der Waals surface area contributed by atoms with Gasteiger partial charge < -0.3 is 5.11 Å². The van der Waals surface area contributed by atoms with Gasteiger partial charge in [0.1, 0.15) is 9.71 Å². The van der Waals surface area contributed by atoms with Crippen molar-refractivity contribution in [3.05, 3.63) is 31.3 Å². The highest BCUT2D eigenvalue weighted by Crippen LogP contribution is 2.31. The van der Waals surface area contributed by atoms with Crippen LogP contribution < -0.4 is 11.2 Å². The summed E-state index contributed by atoms with van der Waals surface area (Å²) in [5.41, 5.74) is -1.26. The van der Waals surface area contributed by atoms with Crippen LogP contribution in [-0.4, -0.2) is 26.4 Å². The van der Waals surface area contributed by atoms with E-state index in [-0.39, 0.29) is 33.1 Å². The van der Waals surface area contributed by atoms with Crippen LogP contribution in [-0.2, 0) is 13.1 Å². The molecule has 1 aliphatic carbocycles. The van der Waals surface area contributed by atoms with E-state index < -0.39 is 36.4 Å². The molecule has 2 aromatic heterocycles. The second kappa shape index (κ2) is 6.01. The summed E-state index contributed by atoms with van der Waals surface area (Å²) < 4.78 is 39.7. The number of carboxylic acids is 1. The van der Waals surface area contributed by atoms with Crippen LogP contribution in [0.3, 0.4) is 0 Å². The second-order valence-electron chi connectivity index (χ2n) is 6.20. The maximum Gasteiger partial charge on any atom is 0.390 e. The van der Waals surface area contributed by atoms with Crippen LogP contribution in [0.2, 0.25) is 0 Å². The second-order valence-corrected chi connectivity index (χ2v) is 7.20. The molecule has 0 bridgehead atoms. The largest absolute Gasteiger partial charge is 0.477 e. The van der Waals surface area contributed by atoms with Gasteiger partial charge in [-0.1, -0.05) is 0 Å². The van der Waals surface area contributed by atoms with Gasteiger partial charge in [-0.15, -0.1) is 11.3 Å². The Morgan fingerprint density at radius 3 is 2.44 bits per heavy atom. The first-order valence-electron chi connectivity index (χ1n) is 7.67. The molecule has 1 N–H and O–H groups in total. The molecule has 25 heavy (non-hydrogen) atoms. The molecule has 0 aliphatic heterocycles. The number of hydrogen-bond acceptors (Lipinski definition) is 4. The first kappa shape index (κ1) is 17.7. The summed E-state index contributed by atoms with van der Waals surface area (Å²) in [7, 11) is 0. The molecule has 1 fully saturated rings. The predicted octanol–water partition coefficient (Wildman–Crippen LogP) is 2.59. The lowest BCUT2D eigenvalue weighted by Crippen LogP contribution is -2.40. The number of rotatable bonds is 5. The number of aromatic carboxylic acids is 1. The van der Waals surface area contributed by atoms with Crippen molar-refractivity contribution in [2.75, 3.05) is 0 Å². The van der Waals surface area contributed by atoms with Gasteiger partial charge in [-0.05, 0) is 31.2 Å². The molecule has 0 radical (unpaired) electrons. The van der Waals surface area contributed by atoms with Crippen LogP contribution in [0.1, 0.15) is 34.5 Å². The highest BCUT2D eigenvalue weighted by Gasteiger charge is 2.30. The van der Waals surface area contributed by atoms with Crippen molar-refractivity contribution in [3.8, 4) is 0 Å². The van der Waals surface area contributed by atoms with Gasteiger partial charge in [-0.3, -0.25) is 13.9 Å². The third kappa shape index (κ3) is 3.35. The first-order chi connectivity index (χ1) is 11.6. The summed E-state index contributed by atoms with van der Waals surface area (Å²) in [4.78, 5) is 36.4. The minimum Gasteiger partial charge on any atom is -0.477 e. The SMILES string of the molecule is Cc1c(C(=O)O)sc2c1c(=O)n(CC1CC1)c(=O)n2CCC(F)(F)F. The van der Waals surface area contributed by atoms with E-state index in [0.29, 0.717) is 11.3 Å². The number of halogens is 3. The number of carbonyl (C=O) groups is 1. The molecular formula is C15H15F3N2O4S. The molecule has 136 valence electrons. The maximum atomic E-state index is 12.7. The first-order valence-corrected chi connectivity index (χ1v) is 8.48. The van der Waals surface area contributed by atoms with Gasteiger partial charge in [0.2, 0.25) is 0 Å². The number of fused-ring (bicyclic) bond motifs is 1. The Bertz CT molecular complexity index is 966. The molecule has 2 heterocycles. The lowest BCUT2D eigenvalue weighted by molar-refractivity contribution is -0.136. The molecule has 0 aromatic carbocycles. The van der Waals surface area contributed by atoms with Gasteiger partial charge in [-0.25, -0.2) is 9.59 Å². The van der Waals surface area contributed by atoms with Crippen molar-refractivity contribution in [3.63, 3.8) is 0 Å². The number of nitrogens with zero attached hydrogens (tertiary/aromatic N) is 2. The topological polar surface area (TPSA) is 81.3 Å². The monoisotopic (exact) mass is 376 g/mol. The normalized spacial score (nSPS) is 15.0. The van der Waals surface area contributed by atoms with Crippen LogP contribution in [0.4, 0.5) is 13.2 Å². The zero-order valence-corrected chi connectivity index (χ0v) is 14.0. The quantitative estimate of drug-likeness (QED) is 0.870. The molecule has 1 aliphatic rings. The predicted molar refractivity (Wildman–Crippen MR) is 85.4 cm³/mol. The van der Waals surface area contributed by atoms with Gasteiger partial charge in [-0.2, -0.15) is 13.2 Å². The van der Waals surface area contributed by atoms with Crippen molar-refractivity contribution in [1.29, 1.82) is 0 Å². The van der Waals surface area contributed by atoms with Crippen LogP contribution in [0.15, 0.2) is 9.59 Å². The van der Waals surface area contributed by atoms with Gasteiger partial charge in [0.25, 0.3) is 5.56 Å². The molecule has 1 saturated carbocycles. The number of carboxylic acid groups (broad SMARTS) is 1. The molecule has 2 aromatic rings. The summed E-state index contributed by atoms with van der Waals surface area (Å²) >= 11 is 0.663. The zero-order chi connectivity index (χ0) is 18.5. The van der Waals surface area contributed by atoms with Crippen molar-refractivity contribution in [2.45, 2.75) is 45.5 Å². The average molecular weight is 376 g/mol. The van der Waals surface area contributed by atoms with E-state index in [1.807, 2.05) is 0 Å². The number of alkyl halides is 3. The third-order valence-electron chi connectivity index (χ3n) is 4.24. The molecule has 0 spiro atoms. The fraction of sp³-hybridized carbons (Fsp3) is 0.533. The molecule has 10 heteroatoms. The van der Waals surface area contributed by atoms with Crippen molar-refractivity contribution < 1.29 is 23.1 Å². The van der Waals surface area contributed by atoms with E-state index in [2.05, 4.69) is 0 Å². The average Bonchev–Trinajstić information content (AvgIpc) is 3.24. The van der Waals surface area contributed by atoms with E-state index >= 15 is 0 Å². The summed E-state index contributed by atoms with van der Waals surface area (Å²) in [6, 6.07) is 0. The Morgan fingerprint density at radius 2 is 1.92 bits per heavy atom. The minimum absolute atomic E-state index is 0.0128. The van der Waals surface area contributed by atoms with Crippen LogP contribution in [0.25, 0.3) is 10.2 Å². The van der Waals surface area contributed by atoms with Crippen LogP contribution in [0.5, 0.6) is 0 Å². The van der Waals surface area contributed by atoms with E-state index in [4.69, 9.17) is 0 Å². The van der Waals surface area contributed by atoms with Crippen LogP contribution in [0, 0.1) is 12.8 Å². The molecule has 0 atom stereocenters. The zero-order valence-electron chi connectivity index (χ0n) is 13.2. The Balaban J connectivity index is 2.26. The summed E-state index contributed by atoms with van der Waals surface area (Å²) in [6.45, 7) is 0.934. The molecule has 6 nitrogen and oxygen atoms in total. The van der Waals surface area contributed by atoms with Crippen molar-refractivity contribution in [2.24, 2.45) is 5.92 Å². The highest BCUT2D eigenvalue weighted by atomic mass is 32.1. The third-order valence-corrected chi connectivity index (χ3v) is 5.55.